The normalized spacial score (nSPS) is 26.4. The van der Waals surface area contributed by atoms with E-state index in [1.165, 1.54) is 12.1 Å². The summed E-state index contributed by atoms with van der Waals surface area (Å²) in [5.41, 5.74) is 0.228. The predicted molar refractivity (Wildman–Crippen MR) is 80.7 cm³/mol. The molecule has 6 heteroatoms. The Morgan fingerprint density at radius 3 is 2.63 bits per heavy atom. The molecule has 0 aromatic heterocycles. The van der Waals surface area contributed by atoms with Gasteiger partial charge < -0.3 is 5.32 Å². The Hall–Kier alpha value is -0.920. The van der Waals surface area contributed by atoms with E-state index in [0.717, 1.165) is 12.8 Å². The van der Waals surface area contributed by atoms with Crippen molar-refractivity contribution in [3.8, 4) is 0 Å². The molecule has 1 aliphatic rings. The van der Waals surface area contributed by atoms with Gasteiger partial charge in [-0.05, 0) is 47.3 Å². The van der Waals surface area contributed by atoms with Crippen molar-refractivity contribution in [1.29, 1.82) is 0 Å². The highest BCUT2D eigenvalue weighted by atomic mass is 127. The van der Waals surface area contributed by atoms with Crippen molar-refractivity contribution in [2.75, 3.05) is 5.32 Å². The van der Waals surface area contributed by atoms with Crippen LogP contribution in [0.4, 0.5) is 15.8 Å². The first-order valence-electron chi connectivity index (χ1n) is 6.30. The van der Waals surface area contributed by atoms with Crippen LogP contribution >= 0.6 is 22.6 Å². The highest BCUT2D eigenvalue weighted by molar-refractivity contribution is 14.1. The summed E-state index contributed by atoms with van der Waals surface area (Å²) < 4.78 is 13.9. The van der Waals surface area contributed by atoms with Gasteiger partial charge in [0.1, 0.15) is 11.5 Å². The van der Waals surface area contributed by atoms with E-state index in [-0.39, 0.29) is 21.0 Å². The number of nitrogens with one attached hydrogen (secondary N) is 1. The first-order valence-corrected chi connectivity index (χ1v) is 7.38. The number of hydrogen-bond acceptors (Lipinski definition) is 3. The van der Waals surface area contributed by atoms with Gasteiger partial charge in [0.15, 0.2) is 0 Å². The molecule has 0 radical (unpaired) electrons. The van der Waals surface area contributed by atoms with Crippen LogP contribution < -0.4 is 5.32 Å². The summed E-state index contributed by atoms with van der Waals surface area (Å²) in [7, 11) is 0. The van der Waals surface area contributed by atoms with Crippen LogP contribution in [0.15, 0.2) is 12.1 Å². The van der Waals surface area contributed by atoms with Crippen LogP contribution in [0, 0.1) is 31.3 Å². The number of halogens is 2. The molecule has 1 aliphatic carbocycles. The van der Waals surface area contributed by atoms with Gasteiger partial charge >= 0.3 is 0 Å². The van der Waals surface area contributed by atoms with Crippen molar-refractivity contribution >= 4 is 34.0 Å². The molecule has 1 aromatic rings. The molecule has 0 spiro atoms. The zero-order valence-electron chi connectivity index (χ0n) is 10.8. The highest BCUT2D eigenvalue weighted by Crippen LogP contribution is 2.36. The first kappa shape index (κ1) is 14.5. The van der Waals surface area contributed by atoms with Gasteiger partial charge in [0.25, 0.3) is 5.69 Å². The van der Waals surface area contributed by atoms with Gasteiger partial charge in [0.2, 0.25) is 0 Å². The molecule has 0 saturated heterocycles. The van der Waals surface area contributed by atoms with Crippen LogP contribution in [0.3, 0.4) is 0 Å². The van der Waals surface area contributed by atoms with Gasteiger partial charge in [-0.25, -0.2) is 4.39 Å². The van der Waals surface area contributed by atoms with Crippen LogP contribution in [0.1, 0.15) is 26.7 Å². The Balaban J connectivity index is 2.29. The summed E-state index contributed by atoms with van der Waals surface area (Å²) in [6.45, 7) is 4.31. The lowest BCUT2D eigenvalue weighted by Crippen LogP contribution is -2.24. The van der Waals surface area contributed by atoms with Gasteiger partial charge in [-0.3, -0.25) is 10.1 Å². The molecule has 2 rings (SSSR count). The summed E-state index contributed by atoms with van der Waals surface area (Å²) in [4.78, 5) is 10.6. The molecular formula is C13H16FIN2O2. The summed E-state index contributed by atoms with van der Waals surface area (Å²) >= 11 is 1.76. The fourth-order valence-corrected chi connectivity index (χ4v) is 3.02. The molecule has 0 amide bonds. The van der Waals surface area contributed by atoms with Crippen molar-refractivity contribution in [3.63, 3.8) is 0 Å². The average Bonchev–Trinajstić information content (AvgIpc) is 2.65. The third-order valence-electron chi connectivity index (χ3n) is 4.04. The van der Waals surface area contributed by atoms with Crippen LogP contribution in [0.25, 0.3) is 0 Å². The van der Waals surface area contributed by atoms with Crippen molar-refractivity contribution in [2.45, 2.75) is 32.7 Å². The van der Waals surface area contributed by atoms with Crippen LogP contribution in [-0.4, -0.2) is 11.0 Å². The molecule has 0 heterocycles. The van der Waals surface area contributed by atoms with Gasteiger partial charge in [-0.15, -0.1) is 0 Å². The van der Waals surface area contributed by atoms with E-state index in [2.05, 4.69) is 19.2 Å². The highest BCUT2D eigenvalue weighted by Gasteiger charge is 2.31. The molecule has 4 nitrogen and oxygen atoms in total. The van der Waals surface area contributed by atoms with Crippen molar-refractivity contribution < 1.29 is 9.31 Å². The zero-order valence-corrected chi connectivity index (χ0v) is 13.0. The van der Waals surface area contributed by atoms with E-state index in [9.17, 15) is 14.5 Å². The SMILES string of the molecule is CC1CCC(Nc2cc(F)c(I)cc2[N+](=O)[O-])C1C. The minimum atomic E-state index is -0.465. The fraction of sp³-hybridized carbons (Fsp3) is 0.538. The van der Waals surface area contributed by atoms with Crippen molar-refractivity contribution in [3.05, 3.63) is 31.6 Å². The average molecular weight is 378 g/mol. The Morgan fingerprint density at radius 1 is 1.42 bits per heavy atom. The predicted octanol–water partition coefficient (Wildman–Crippen LogP) is 4.19. The third kappa shape index (κ3) is 2.98. The Labute approximate surface area is 125 Å². The van der Waals surface area contributed by atoms with E-state index in [4.69, 9.17) is 0 Å². The maximum atomic E-state index is 13.6. The zero-order chi connectivity index (χ0) is 14.2. The topological polar surface area (TPSA) is 55.2 Å². The molecule has 104 valence electrons. The second kappa shape index (κ2) is 5.60. The van der Waals surface area contributed by atoms with Crippen LogP contribution in [0.5, 0.6) is 0 Å². The van der Waals surface area contributed by atoms with Gasteiger partial charge in [0.05, 0.1) is 8.49 Å². The first-order chi connectivity index (χ1) is 8.90. The molecule has 0 aliphatic heterocycles. The third-order valence-corrected chi connectivity index (χ3v) is 4.87. The summed E-state index contributed by atoms with van der Waals surface area (Å²) in [6, 6.07) is 2.69. The van der Waals surface area contributed by atoms with Gasteiger partial charge in [-0.2, -0.15) is 0 Å². The van der Waals surface area contributed by atoms with Gasteiger partial charge in [0, 0.05) is 18.2 Å². The second-order valence-corrected chi connectivity index (χ2v) is 6.37. The van der Waals surface area contributed by atoms with Gasteiger partial charge in [-0.1, -0.05) is 13.8 Å². The lowest BCUT2D eigenvalue weighted by molar-refractivity contribution is -0.384. The number of hydrogen-bond donors (Lipinski definition) is 1. The smallest absolute Gasteiger partial charge is 0.293 e. The Morgan fingerprint density at radius 2 is 2.11 bits per heavy atom. The summed E-state index contributed by atoms with van der Waals surface area (Å²) in [5, 5.41) is 14.2. The molecule has 0 bridgehead atoms. The van der Waals surface area contributed by atoms with E-state index >= 15 is 0 Å². The lowest BCUT2D eigenvalue weighted by atomic mass is 9.97. The van der Waals surface area contributed by atoms with E-state index < -0.39 is 10.7 Å². The maximum Gasteiger partial charge on any atom is 0.293 e. The Kier molecular flexibility index (Phi) is 4.27. The van der Waals surface area contributed by atoms with E-state index in [0.29, 0.717) is 11.8 Å². The van der Waals surface area contributed by atoms with Crippen LogP contribution in [0.2, 0.25) is 0 Å². The molecular weight excluding hydrogens is 362 g/mol. The van der Waals surface area contributed by atoms with E-state index in [1.807, 2.05) is 0 Å². The number of rotatable bonds is 3. The fourth-order valence-electron chi connectivity index (χ4n) is 2.57. The minimum Gasteiger partial charge on any atom is -0.376 e. The molecule has 1 saturated carbocycles. The number of nitrogens with zero attached hydrogens (tertiary/aromatic N) is 1. The number of anilines is 1. The molecule has 19 heavy (non-hydrogen) atoms. The minimum absolute atomic E-state index is 0.0578. The molecule has 1 aromatic carbocycles. The monoisotopic (exact) mass is 378 g/mol. The lowest BCUT2D eigenvalue weighted by Gasteiger charge is -2.20. The number of benzene rings is 1. The number of nitro benzene ring substituents is 1. The van der Waals surface area contributed by atoms with Crippen molar-refractivity contribution in [2.24, 2.45) is 11.8 Å². The Bertz CT molecular complexity index is 510. The summed E-state index contributed by atoms with van der Waals surface area (Å²) in [5.74, 6) is 0.597. The molecule has 1 fully saturated rings. The quantitative estimate of drug-likeness (QED) is 0.488. The standard InChI is InChI=1S/C13H16FIN2O2/c1-7-3-4-11(8(7)2)16-12-5-9(14)10(15)6-13(12)17(18)19/h5-8,11,16H,3-4H2,1-2H3. The molecule has 3 unspecified atom stereocenters. The van der Waals surface area contributed by atoms with Crippen molar-refractivity contribution in [1.82, 2.24) is 0 Å². The molecule has 1 N–H and O–H groups in total. The molecule has 3 atom stereocenters. The largest absolute Gasteiger partial charge is 0.376 e. The summed E-state index contributed by atoms with van der Waals surface area (Å²) in [6.07, 6.45) is 2.06. The number of nitro groups is 1. The van der Waals surface area contributed by atoms with E-state index in [1.54, 1.807) is 22.6 Å². The second-order valence-electron chi connectivity index (χ2n) is 5.21. The van der Waals surface area contributed by atoms with Crippen LogP contribution in [-0.2, 0) is 0 Å². The maximum absolute atomic E-state index is 13.6.